The van der Waals surface area contributed by atoms with Crippen molar-refractivity contribution in [2.45, 2.75) is 24.1 Å². The van der Waals surface area contributed by atoms with Gasteiger partial charge in [0.15, 0.2) is 6.61 Å². The van der Waals surface area contributed by atoms with Gasteiger partial charge in [-0.3, -0.25) is 19.3 Å². The van der Waals surface area contributed by atoms with E-state index in [9.17, 15) is 19.2 Å². The monoisotopic (exact) mass is 612 g/mol. The fraction of sp³-hybridized carbons (Fsp3) is 0.360. The Balaban J connectivity index is 1.26. The van der Waals surface area contributed by atoms with Crippen molar-refractivity contribution in [2.24, 2.45) is 23.7 Å². The quantitative estimate of drug-likeness (QED) is 0.285. The van der Waals surface area contributed by atoms with Crippen molar-refractivity contribution in [3.8, 4) is 0 Å². The maximum absolute atomic E-state index is 13.2. The maximum atomic E-state index is 13.2. The summed E-state index contributed by atoms with van der Waals surface area (Å²) in [4.78, 5) is 52.5. The van der Waals surface area contributed by atoms with Crippen LogP contribution in [-0.4, -0.2) is 41.1 Å². The number of benzene rings is 2. The molecule has 1 N–H and O–H groups in total. The molecule has 1 aliphatic heterocycles. The average molecular weight is 615 g/mol. The number of carbonyl (C=O) groups excluding carboxylic acids is 4. The molecular formula is C25H20BrCl3N2O5. The molecule has 2 aliphatic carbocycles. The van der Waals surface area contributed by atoms with Crippen LogP contribution in [0.2, 0.25) is 5.02 Å². The number of nitrogens with one attached hydrogen (secondary N) is 1. The first-order valence-electron chi connectivity index (χ1n) is 11.3. The molecule has 0 spiro atoms. The Labute approximate surface area is 230 Å². The zero-order chi connectivity index (χ0) is 25.9. The highest BCUT2D eigenvalue weighted by molar-refractivity contribution is 9.10. The predicted molar refractivity (Wildman–Crippen MR) is 140 cm³/mol. The largest absolute Gasteiger partial charge is 0.452 e. The van der Waals surface area contributed by atoms with E-state index in [4.69, 9.17) is 39.5 Å². The molecule has 2 saturated carbocycles. The summed E-state index contributed by atoms with van der Waals surface area (Å²) in [7, 11) is 0. The van der Waals surface area contributed by atoms with E-state index >= 15 is 0 Å². The fourth-order valence-corrected chi connectivity index (χ4v) is 7.05. The van der Waals surface area contributed by atoms with Crippen LogP contribution in [0.25, 0.3) is 0 Å². The highest BCUT2D eigenvalue weighted by Gasteiger charge is 2.66. The number of hydrogen-bond acceptors (Lipinski definition) is 5. The van der Waals surface area contributed by atoms with Crippen LogP contribution in [0, 0.1) is 30.6 Å². The van der Waals surface area contributed by atoms with Gasteiger partial charge < -0.3 is 10.1 Å². The van der Waals surface area contributed by atoms with Gasteiger partial charge in [-0.05, 0) is 77.0 Å². The molecule has 6 atom stereocenters. The number of imide groups is 1. The Morgan fingerprint density at radius 1 is 1.08 bits per heavy atom. The number of rotatable bonds is 5. The highest BCUT2D eigenvalue weighted by atomic mass is 79.9. The first-order valence-corrected chi connectivity index (χ1v) is 13.3. The number of amides is 3. The molecule has 1 heterocycles. The van der Waals surface area contributed by atoms with Gasteiger partial charge in [-0.2, -0.15) is 0 Å². The summed E-state index contributed by atoms with van der Waals surface area (Å²) < 4.78 is 5.85. The van der Waals surface area contributed by atoms with Gasteiger partial charge in [0, 0.05) is 10.2 Å². The van der Waals surface area contributed by atoms with Crippen LogP contribution in [0.15, 0.2) is 40.9 Å². The van der Waals surface area contributed by atoms with E-state index in [-0.39, 0.29) is 45.7 Å². The Bertz CT molecular complexity index is 1270. The molecular weight excluding hydrogens is 595 g/mol. The van der Waals surface area contributed by atoms with E-state index in [2.05, 4.69) is 21.2 Å². The normalized spacial score (nSPS) is 28.4. The zero-order valence-corrected chi connectivity index (χ0v) is 22.7. The standard InChI is InChI=1S/C25H20BrCl3N2O5/c1-10-16(6-5-15(26)20(10)27)30-17(32)9-36-25(35)11-3-2-4-12(7-11)31-23(33)18-13-8-14(19(18)24(31)34)22(29)21(13)28/h2-7,13-14,18-19,21-22H,8-9H2,1H3,(H,30,32)/t13-,14-,18-,19-,21-,22+/m1/s1. The molecule has 0 unspecified atom stereocenters. The topological polar surface area (TPSA) is 92.8 Å². The predicted octanol–water partition coefficient (Wildman–Crippen LogP) is 5.18. The zero-order valence-electron chi connectivity index (χ0n) is 18.8. The van der Waals surface area contributed by atoms with Crippen molar-refractivity contribution in [3.63, 3.8) is 0 Å². The van der Waals surface area contributed by atoms with Crippen LogP contribution >= 0.6 is 50.7 Å². The lowest BCUT2D eigenvalue weighted by molar-refractivity contribution is -0.123. The molecule has 1 saturated heterocycles. The van der Waals surface area contributed by atoms with Crippen molar-refractivity contribution < 1.29 is 23.9 Å². The second kappa shape index (κ2) is 9.63. The van der Waals surface area contributed by atoms with Gasteiger partial charge in [0.2, 0.25) is 11.8 Å². The minimum atomic E-state index is -0.765. The number of halogens is 4. The number of alkyl halides is 2. The van der Waals surface area contributed by atoms with Crippen LogP contribution in [0.3, 0.4) is 0 Å². The molecule has 188 valence electrons. The van der Waals surface area contributed by atoms with Gasteiger partial charge in [0.05, 0.1) is 38.9 Å². The number of esters is 1. The minimum absolute atomic E-state index is 0.106. The molecule has 5 rings (SSSR count). The summed E-state index contributed by atoms with van der Waals surface area (Å²) in [6.07, 6.45) is 0.670. The molecule has 2 aromatic carbocycles. The van der Waals surface area contributed by atoms with Gasteiger partial charge in [-0.1, -0.05) is 17.7 Å². The van der Waals surface area contributed by atoms with E-state index in [1.54, 1.807) is 31.2 Å². The number of ether oxygens (including phenoxy) is 1. The molecule has 2 aromatic rings. The summed E-state index contributed by atoms with van der Waals surface area (Å²) in [6, 6.07) is 9.41. The molecule has 3 fully saturated rings. The Kier molecular flexibility index (Phi) is 6.83. The minimum Gasteiger partial charge on any atom is -0.452 e. The fourth-order valence-electron chi connectivity index (χ4n) is 5.56. The third-order valence-corrected chi connectivity index (χ3v) is 9.97. The van der Waals surface area contributed by atoms with Crippen molar-refractivity contribution in [3.05, 3.63) is 57.0 Å². The van der Waals surface area contributed by atoms with Crippen molar-refractivity contribution in [1.82, 2.24) is 0 Å². The molecule has 0 radical (unpaired) electrons. The van der Waals surface area contributed by atoms with Crippen molar-refractivity contribution >= 4 is 85.8 Å². The number of fused-ring (bicyclic) bond motifs is 5. The highest BCUT2D eigenvalue weighted by Crippen LogP contribution is 2.59. The first-order chi connectivity index (χ1) is 17.1. The van der Waals surface area contributed by atoms with Crippen molar-refractivity contribution in [2.75, 3.05) is 16.8 Å². The molecule has 3 amide bonds. The second-order valence-corrected chi connectivity index (χ2v) is 11.5. The van der Waals surface area contributed by atoms with E-state index in [0.29, 0.717) is 27.2 Å². The molecule has 3 aliphatic rings. The van der Waals surface area contributed by atoms with Crippen LogP contribution in [0.1, 0.15) is 22.3 Å². The smallest absolute Gasteiger partial charge is 0.338 e. The van der Waals surface area contributed by atoms with E-state index < -0.39 is 30.3 Å². The molecule has 11 heteroatoms. The van der Waals surface area contributed by atoms with Crippen LogP contribution in [0.5, 0.6) is 0 Å². The summed E-state index contributed by atoms with van der Waals surface area (Å²) in [5.74, 6) is -3.20. The van der Waals surface area contributed by atoms with E-state index in [1.807, 2.05) is 0 Å². The van der Waals surface area contributed by atoms with Crippen molar-refractivity contribution in [1.29, 1.82) is 0 Å². The summed E-state index contributed by atoms with van der Waals surface area (Å²) >= 11 is 22.3. The first kappa shape index (κ1) is 25.5. The lowest BCUT2D eigenvalue weighted by Crippen LogP contribution is -2.37. The molecule has 2 bridgehead atoms. The van der Waals surface area contributed by atoms with Crippen LogP contribution < -0.4 is 10.2 Å². The van der Waals surface area contributed by atoms with E-state index in [1.165, 1.54) is 12.1 Å². The summed E-state index contributed by atoms with van der Waals surface area (Å²) in [6.45, 7) is 1.22. The van der Waals surface area contributed by atoms with Crippen LogP contribution in [0.4, 0.5) is 11.4 Å². The Morgan fingerprint density at radius 3 is 2.36 bits per heavy atom. The molecule has 7 nitrogen and oxygen atoms in total. The van der Waals surface area contributed by atoms with Crippen LogP contribution in [-0.2, 0) is 19.1 Å². The Morgan fingerprint density at radius 2 is 1.72 bits per heavy atom. The Hall–Kier alpha value is -2.13. The van der Waals surface area contributed by atoms with Gasteiger partial charge in [-0.25, -0.2) is 4.79 Å². The van der Waals surface area contributed by atoms with E-state index in [0.717, 1.165) is 4.90 Å². The van der Waals surface area contributed by atoms with Gasteiger partial charge in [-0.15, -0.1) is 23.2 Å². The molecule has 0 aromatic heterocycles. The SMILES string of the molecule is Cc1c(NC(=O)COC(=O)c2cccc(N3C(=O)[C@@H]4[C@H]5C[C@@H]([C@@H](Cl)[C@H]5Cl)[C@H]4C3=O)c2)ccc(Br)c1Cl. The number of hydrogen-bond donors (Lipinski definition) is 1. The number of nitrogens with zero attached hydrogens (tertiary/aromatic N) is 1. The van der Waals surface area contributed by atoms with Gasteiger partial charge in [0.25, 0.3) is 5.91 Å². The van der Waals surface area contributed by atoms with Gasteiger partial charge >= 0.3 is 5.97 Å². The third kappa shape index (κ3) is 4.12. The van der Waals surface area contributed by atoms with Gasteiger partial charge in [0.1, 0.15) is 0 Å². The number of anilines is 2. The lowest BCUT2D eigenvalue weighted by Gasteiger charge is -2.28. The number of carbonyl (C=O) groups is 4. The second-order valence-electron chi connectivity index (χ2n) is 9.22. The third-order valence-electron chi connectivity index (χ3n) is 7.27. The molecule has 36 heavy (non-hydrogen) atoms. The summed E-state index contributed by atoms with van der Waals surface area (Å²) in [5, 5.41) is 2.43. The summed E-state index contributed by atoms with van der Waals surface area (Å²) in [5.41, 5.74) is 1.54. The lowest BCUT2D eigenvalue weighted by atomic mass is 9.80. The average Bonchev–Trinajstić information content (AvgIpc) is 3.47. The maximum Gasteiger partial charge on any atom is 0.338 e.